The summed E-state index contributed by atoms with van der Waals surface area (Å²) in [5.41, 5.74) is 4.85. The number of nitrogens with one attached hydrogen (secondary N) is 1. The van der Waals surface area contributed by atoms with Crippen LogP contribution in [0.2, 0.25) is 5.02 Å². The Morgan fingerprint density at radius 3 is 2.32 bits per heavy atom. The Balaban J connectivity index is 1.77. The number of carbonyl (C=O) groups excluding carboxylic acids is 3. The summed E-state index contributed by atoms with van der Waals surface area (Å²) in [4.78, 5) is 38.9. The highest BCUT2D eigenvalue weighted by atomic mass is 35.5. The summed E-state index contributed by atoms with van der Waals surface area (Å²) in [6, 6.07) is 15.5. The molecule has 0 aliphatic carbocycles. The molecule has 3 aromatic rings. The summed E-state index contributed by atoms with van der Waals surface area (Å²) in [6.07, 6.45) is 1.52. The van der Waals surface area contributed by atoms with Crippen LogP contribution in [0, 0.1) is 20.8 Å². The SMILES string of the molecule is Cc1cccc(-n2c(C)cc(/C=C3\C(=O)NC(=O)N(c4cccc(Cl)c4)C3=O)c2C)c1. The smallest absolute Gasteiger partial charge is 0.318 e. The third-order valence-electron chi connectivity index (χ3n) is 5.20. The number of hydrogen-bond donors (Lipinski definition) is 1. The lowest BCUT2D eigenvalue weighted by molar-refractivity contribution is -0.122. The van der Waals surface area contributed by atoms with E-state index in [1.54, 1.807) is 18.2 Å². The predicted molar refractivity (Wildman–Crippen MR) is 120 cm³/mol. The maximum Gasteiger partial charge on any atom is 0.335 e. The molecule has 0 bridgehead atoms. The van der Waals surface area contributed by atoms with E-state index < -0.39 is 17.8 Å². The predicted octanol–water partition coefficient (Wildman–Crippen LogP) is 4.72. The third kappa shape index (κ3) is 3.78. The summed E-state index contributed by atoms with van der Waals surface area (Å²) in [5, 5.41) is 2.61. The molecule has 1 saturated heterocycles. The van der Waals surface area contributed by atoms with E-state index in [1.165, 1.54) is 12.1 Å². The van der Waals surface area contributed by atoms with Crippen LogP contribution in [0.3, 0.4) is 0 Å². The normalized spacial score (nSPS) is 15.5. The average molecular weight is 434 g/mol. The lowest BCUT2D eigenvalue weighted by Crippen LogP contribution is -2.54. The van der Waals surface area contributed by atoms with Crippen LogP contribution >= 0.6 is 11.6 Å². The van der Waals surface area contributed by atoms with Gasteiger partial charge in [-0.3, -0.25) is 14.9 Å². The summed E-state index contributed by atoms with van der Waals surface area (Å²) in [7, 11) is 0. The monoisotopic (exact) mass is 433 g/mol. The molecule has 0 atom stereocenters. The van der Waals surface area contributed by atoms with Gasteiger partial charge in [0, 0.05) is 22.1 Å². The van der Waals surface area contributed by atoms with Crippen LogP contribution in [-0.4, -0.2) is 22.4 Å². The number of hydrogen-bond acceptors (Lipinski definition) is 3. The van der Waals surface area contributed by atoms with E-state index >= 15 is 0 Å². The van der Waals surface area contributed by atoms with Crippen molar-refractivity contribution in [3.63, 3.8) is 0 Å². The van der Waals surface area contributed by atoms with Crippen molar-refractivity contribution in [3.8, 4) is 5.69 Å². The van der Waals surface area contributed by atoms with Crippen molar-refractivity contribution in [2.45, 2.75) is 20.8 Å². The number of amides is 4. The van der Waals surface area contributed by atoms with Gasteiger partial charge in [0.2, 0.25) is 0 Å². The molecule has 1 N–H and O–H groups in total. The number of rotatable bonds is 3. The van der Waals surface area contributed by atoms with Gasteiger partial charge >= 0.3 is 6.03 Å². The molecule has 4 rings (SSSR count). The Labute approximate surface area is 184 Å². The average Bonchev–Trinajstić information content (AvgIpc) is 2.98. The van der Waals surface area contributed by atoms with E-state index in [9.17, 15) is 14.4 Å². The highest BCUT2D eigenvalue weighted by Crippen LogP contribution is 2.27. The molecule has 156 valence electrons. The lowest BCUT2D eigenvalue weighted by Gasteiger charge is -2.26. The molecule has 0 spiro atoms. The van der Waals surface area contributed by atoms with Crippen LogP contribution in [0.15, 0.2) is 60.2 Å². The lowest BCUT2D eigenvalue weighted by atomic mass is 10.1. The number of nitrogens with zero attached hydrogens (tertiary/aromatic N) is 2. The largest absolute Gasteiger partial charge is 0.335 e. The van der Waals surface area contributed by atoms with Gasteiger partial charge in [-0.2, -0.15) is 0 Å². The van der Waals surface area contributed by atoms with Crippen LogP contribution in [0.25, 0.3) is 11.8 Å². The van der Waals surface area contributed by atoms with Gasteiger partial charge in [-0.25, -0.2) is 9.69 Å². The summed E-state index contributed by atoms with van der Waals surface area (Å²) < 4.78 is 2.06. The van der Waals surface area contributed by atoms with Crippen LogP contribution in [0.1, 0.15) is 22.5 Å². The summed E-state index contributed by atoms with van der Waals surface area (Å²) in [6.45, 7) is 5.90. The molecule has 7 heteroatoms. The first-order valence-electron chi connectivity index (χ1n) is 9.69. The molecule has 31 heavy (non-hydrogen) atoms. The number of aromatic nitrogens is 1. The fraction of sp³-hybridized carbons (Fsp3) is 0.125. The first-order chi connectivity index (χ1) is 14.8. The Kier molecular flexibility index (Phi) is 5.25. The zero-order valence-corrected chi connectivity index (χ0v) is 18.0. The maximum atomic E-state index is 13.1. The minimum absolute atomic E-state index is 0.121. The molecule has 6 nitrogen and oxygen atoms in total. The second kappa shape index (κ2) is 7.89. The number of carbonyl (C=O) groups is 3. The van der Waals surface area contributed by atoms with Crippen molar-refractivity contribution in [1.29, 1.82) is 0 Å². The van der Waals surface area contributed by atoms with Crippen LogP contribution in [-0.2, 0) is 9.59 Å². The van der Waals surface area contributed by atoms with Gasteiger partial charge in [-0.15, -0.1) is 0 Å². The maximum absolute atomic E-state index is 13.1. The topological polar surface area (TPSA) is 71.4 Å². The third-order valence-corrected chi connectivity index (χ3v) is 5.43. The molecule has 1 aromatic heterocycles. The van der Waals surface area contributed by atoms with Crippen LogP contribution in [0.4, 0.5) is 10.5 Å². The fourth-order valence-corrected chi connectivity index (χ4v) is 3.95. The summed E-state index contributed by atoms with van der Waals surface area (Å²) in [5.74, 6) is -1.43. The number of barbiturate groups is 1. The molecule has 1 fully saturated rings. The number of halogens is 1. The van der Waals surface area contributed by atoms with Gasteiger partial charge < -0.3 is 4.57 Å². The van der Waals surface area contributed by atoms with E-state index in [4.69, 9.17) is 11.6 Å². The number of aryl methyl sites for hydroxylation is 2. The van der Waals surface area contributed by atoms with E-state index in [1.807, 2.05) is 45.0 Å². The van der Waals surface area contributed by atoms with Gasteiger partial charge in [0.1, 0.15) is 5.57 Å². The van der Waals surface area contributed by atoms with E-state index in [-0.39, 0.29) is 5.57 Å². The number of anilines is 1. The molecule has 0 unspecified atom stereocenters. The summed E-state index contributed by atoms with van der Waals surface area (Å²) >= 11 is 6.01. The van der Waals surface area contributed by atoms with Crippen molar-refractivity contribution >= 4 is 41.2 Å². The minimum Gasteiger partial charge on any atom is -0.318 e. The Hall–Kier alpha value is -3.64. The van der Waals surface area contributed by atoms with Gasteiger partial charge in [0.05, 0.1) is 5.69 Å². The molecular formula is C24H20ClN3O3. The first kappa shape index (κ1) is 20.6. The molecule has 1 aliphatic heterocycles. The van der Waals surface area contributed by atoms with Crippen molar-refractivity contribution < 1.29 is 14.4 Å². The zero-order valence-electron chi connectivity index (χ0n) is 17.3. The molecular weight excluding hydrogens is 414 g/mol. The van der Waals surface area contributed by atoms with Gasteiger partial charge in [0.25, 0.3) is 11.8 Å². The quantitative estimate of drug-likeness (QED) is 0.479. The standard InChI is InChI=1S/C24H20ClN3O3/c1-14-6-4-8-19(10-14)27-15(2)11-17(16(27)3)12-21-22(29)26-24(31)28(23(21)30)20-9-5-7-18(25)13-20/h4-13H,1-3H3,(H,26,29,31)/b21-12+. The van der Waals surface area contributed by atoms with Crippen LogP contribution < -0.4 is 10.2 Å². The van der Waals surface area contributed by atoms with Crippen molar-refractivity contribution in [1.82, 2.24) is 9.88 Å². The molecule has 2 aromatic carbocycles. The zero-order chi connectivity index (χ0) is 22.3. The second-order valence-electron chi connectivity index (χ2n) is 7.44. The Morgan fingerprint density at radius 1 is 0.903 bits per heavy atom. The van der Waals surface area contributed by atoms with E-state index in [0.717, 1.165) is 33.1 Å². The molecule has 4 amide bonds. The number of benzene rings is 2. The number of imide groups is 2. The van der Waals surface area contributed by atoms with E-state index in [2.05, 4.69) is 16.0 Å². The highest BCUT2D eigenvalue weighted by Gasteiger charge is 2.37. The van der Waals surface area contributed by atoms with Crippen molar-refractivity contribution in [2.24, 2.45) is 0 Å². The van der Waals surface area contributed by atoms with Gasteiger partial charge in [-0.05, 0) is 74.4 Å². The number of urea groups is 1. The minimum atomic E-state index is -0.806. The molecule has 0 saturated carbocycles. The highest BCUT2D eigenvalue weighted by molar-refractivity contribution is 6.39. The van der Waals surface area contributed by atoms with Gasteiger partial charge in [-0.1, -0.05) is 29.8 Å². The van der Waals surface area contributed by atoms with Gasteiger partial charge in [0.15, 0.2) is 0 Å². The molecule has 2 heterocycles. The van der Waals surface area contributed by atoms with Crippen molar-refractivity contribution in [3.05, 3.63) is 87.7 Å². The Bertz CT molecular complexity index is 1270. The van der Waals surface area contributed by atoms with E-state index in [0.29, 0.717) is 10.7 Å². The second-order valence-corrected chi connectivity index (χ2v) is 7.88. The van der Waals surface area contributed by atoms with Crippen LogP contribution in [0.5, 0.6) is 0 Å². The first-order valence-corrected chi connectivity index (χ1v) is 10.1. The molecule has 1 aliphatic rings. The fourth-order valence-electron chi connectivity index (χ4n) is 3.76. The Morgan fingerprint density at radius 2 is 1.61 bits per heavy atom. The molecule has 0 radical (unpaired) electrons. The van der Waals surface area contributed by atoms with Crippen molar-refractivity contribution in [2.75, 3.05) is 4.90 Å².